The molecule has 8 nitrogen and oxygen atoms in total. The van der Waals surface area contributed by atoms with Gasteiger partial charge in [-0.3, -0.25) is 9.36 Å². The van der Waals surface area contributed by atoms with Crippen LogP contribution in [0.25, 0.3) is 0 Å². The average Bonchev–Trinajstić information content (AvgIpc) is 3.35. The van der Waals surface area contributed by atoms with E-state index in [1.807, 2.05) is 27.2 Å². The number of aliphatic hydroxyl groups excluding tert-OH is 1. The molecule has 0 rings (SSSR count). The molecule has 0 heterocycles. The molecular weight excluding hydrogens is 924 g/mol. The van der Waals surface area contributed by atoms with E-state index >= 15 is 0 Å². The number of rotatable bonds is 54. The predicted octanol–water partition coefficient (Wildman–Crippen LogP) is 18.0. The van der Waals surface area contributed by atoms with Gasteiger partial charge in [-0.2, -0.15) is 0 Å². The molecule has 0 bridgehead atoms. The molecule has 0 aromatic heterocycles. The maximum Gasteiger partial charge on any atom is 0.268 e. The molecule has 0 fully saturated rings. The lowest BCUT2D eigenvalue weighted by Gasteiger charge is -2.29. The second kappa shape index (κ2) is 54.2. The second-order valence-electron chi connectivity index (χ2n) is 21.3. The molecule has 73 heavy (non-hydrogen) atoms. The summed E-state index contributed by atoms with van der Waals surface area (Å²) in [4.78, 5) is 25.5. The van der Waals surface area contributed by atoms with Gasteiger partial charge in [-0.05, 0) is 83.5 Å². The minimum absolute atomic E-state index is 0.00960. The molecule has 0 saturated heterocycles. The molecule has 3 unspecified atom stereocenters. The molecule has 422 valence electrons. The molecule has 9 heteroatoms. The molecule has 0 saturated carbocycles. The summed E-state index contributed by atoms with van der Waals surface area (Å²) < 4.78 is 23.3. The smallest absolute Gasteiger partial charge is 0.268 e. The summed E-state index contributed by atoms with van der Waals surface area (Å²) in [5, 5.41) is 13.9. The lowest BCUT2D eigenvalue weighted by molar-refractivity contribution is -0.870. The van der Waals surface area contributed by atoms with Gasteiger partial charge in [-0.25, -0.2) is 0 Å². The number of aliphatic hydroxyl groups is 1. The normalized spacial score (nSPS) is 14.6. The van der Waals surface area contributed by atoms with Gasteiger partial charge in [0.25, 0.3) is 7.82 Å². The number of carbonyl (C=O) groups is 1. The number of phosphoric acid groups is 1. The van der Waals surface area contributed by atoms with Crippen molar-refractivity contribution in [2.45, 2.75) is 264 Å². The molecule has 0 aliphatic rings. The van der Waals surface area contributed by atoms with E-state index in [9.17, 15) is 19.4 Å². The SMILES string of the molecule is CC/C=C\C/C=C\C/C=C\C/C=C\C/C=C\C/C=C\CCCCCCCCCCCCCCCCC(=O)NC(COP(=O)([O-])OCC[N+](C)(C)C)C(O)/C=C/CC/C=C/CCCCCCCCCCCCCC. The molecule has 2 N–H and O–H groups in total. The summed E-state index contributed by atoms with van der Waals surface area (Å²) >= 11 is 0. The highest BCUT2D eigenvalue weighted by atomic mass is 31.2. The lowest BCUT2D eigenvalue weighted by Crippen LogP contribution is -2.45. The molecule has 0 aromatic rings. The van der Waals surface area contributed by atoms with Crippen LogP contribution in [0.3, 0.4) is 0 Å². The van der Waals surface area contributed by atoms with E-state index in [2.05, 4.69) is 104 Å². The topological polar surface area (TPSA) is 108 Å². The first-order valence-corrected chi connectivity index (χ1v) is 31.6. The Bertz CT molecular complexity index is 1510. The summed E-state index contributed by atoms with van der Waals surface area (Å²) in [7, 11) is 1.24. The van der Waals surface area contributed by atoms with Crippen LogP contribution in [0.4, 0.5) is 0 Å². The number of likely N-dealkylation sites (N-methyl/N-ethyl adjacent to an activating group) is 1. The van der Waals surface area contributed by atoms with Crippen LogP contribution in [0.5, 0.6) is 0 Å². The number of unbranched alkanes of at least 4 members (excludes halogenated alkanes) is 27. The highest BCUT2D eigenvalue weighted by Crippen LogP contribution is 2.38. The molecule has 0 spiro atoms. The van der Waals surface area contributed by atoms with Gasteiger partial charge in [0.1, 0.15) is 13.2 Å². The zero-order chi connectivity index (χ0) is 53.5. The summed E-state index contributed by atoms with van der Waals surface area (Å²) in [5.41, 5.74) is 0. The van der Waals surface area contributed by atoms with E-state index < -0.39 is 26.6 Å². The zero-order valence-electron chi connectivity index (χ0n) is 48.1. The number of hydrogen-bond acceptors (Lipinski definition) is 6. The Morgan fingerprint density at radius 1 is 0.493 bits per heavy atom. The lowest BCUT2D eigenvalue weighted by atomic mass is 10.0. The second-order valence-corrected chi connectivity index (χ2v) is 22.7. The van der Waals surface area contributed by atoms with Crippen LogP contribution in [0.1, 0.15) is 251 Å². The van der Waals surface area contributed by atoms with Crippen LogP contribution in [0.15, 0.2) is 97.2 Å². The van der Waals surface area contributed by atoms with Crippen molar-refractivity contribution in [2.75, 3.05) is 40.9 Å². The van der Waals surface area contributed by atoms with Crippen LogP contribution in [-0.2, 0) is 18.4 Å². The van der Waals surface area contributed by atoms with Crippen molar-refractivity contribution >= 4 is 13.7 Å². The molecule has 0 aliphatic heterocycles. The zero-order valence-corrected chi connectivity index (χ0v) is 49.0. The molecule has 0 radical (unpaired) electrons. The fourth-order valence-corrected chi connectivity index (χ4v) is 9.07. The number of allylic oxidation sites excluding steroid dienone is 15. The van der Waals surface area contributed by atoms with Crippen LogP contribution < -0.4 is 10.2 Å². The highest BCUT2D eigenvalue weighted by Gasteiger charge is 2.23. The summed E-state index contributed by atoms with van der Waals surface area (Å²) in [6.45, 7) is 4.52. The van der Waals surface area contributed by atoms with Crippen LogP contribution in [0.2, 0.25) is 0 Å². The first-order chi connectivity index (χ1) is 35.5. The number of phosphoric ester groups is 1. The molecule has 0 aliphatic carbocycles. The maximum atomic E-state index is 13.0. The number of quaternary nitrogens is 1. The standard InChI is InChI=1S/C64H115N2O6P/c1-6-8-10-12-14-16-18-20-22-24-26-27-28-29-30-31-32-33-34-35-36-37-38-39-40-42-44-46-48-50-52-54-56-58-64(68)65-62(61-72-73(69,70)71-60-59-66(3,4)5)63(67)57-55-53-51-49-47-45-43-41-25-23-21-19-17-15-13-11-9-7-2/h8,10,14,16,20,22,26-27,29-30,32-33,47,49,55,57,62-63,67H,6-7,9,11-13,15,17-19,21,23-25,28,31,34-46,48,50-54,56,58-61H2,1-5H3,(H-,65,68,69,70)/b10-8-,16-14-,22-20-,27-26-,30-29-,33-32-,49-47+,57-55+. The van der Waals surface area contributed by atoms with Gasteiger partial charge < -0.3 is 28.8 Å². The van der Waals surface area contributed by atoms with Gasteiger partial charge in [0.2, 0.25) is 5.91 Å². The minimum atomic E-state index is -4.61. The first kappa shape index (κ1) is 70.4. The fraction of sp³-hybridized carbons (Fsp3) is 0.734. The van der Waals surface area contributed by atoms with E-state index in [4.69, 9.17) is 9.05 Å². The van der Waals surface area contributed by atoms with Gasteiger partial charge in [-0.1, -0.05) is 259 Å². The molecule has 3 atom stereocenters. The Kier molecular flexibility index (Phi) is 52.3. The van der Waals surface area contributed by atoms with Gasteiger partial charge in [0.05, 0.1) is 39.9 Å². The largest absolute Gasteiger partial charge is 0.756 e. The Labute approximate surface area is 451 Å². The Hall–Kier alpha value is -2.58. The first-order valence-electron chi connectivity index (χ1n) is 30.1. The number of nitrogens with zero attached hydrogens (tertiary/aromatic N) is 1. The quantitative estimate of drug-likeness (QED) is 0.0272. The Morgan fingerprint density at radius 3 is 1.27 bits per heavy atom. The van der Waals surface area contributed by atoms with Gasteiger partial charge in [0.15, 0.2) is 0 Å². The van der Waals surface area contributed by atoms with E-state index in [0.29, 0.717) is 17.4 Å². The fourth-order valence-electron chi connectivity index (χ4n) is 8.35. The maximum absolute atomic E-state index is 13.0. The number of hydrogen-bond donors (Lipinski definition) is 2. The van der Waals surface area contributed by atoms with Crippen molar-refractivity contribution in [2.24, 2.45) is 0 Å². The van der Waals surface area contributed by atoms with E-state index in [1.54, 1.807) is 6.08 Å². The van der Waals surface area contributed by atoms with Crippen LogP contribution in [0, 0.1) is 0 Å². The Morgan fingerprint density at radius 2 is 0.849 bits per heavy atom. The van der Waals surface area contributed by atoms with Crippen molar-refractivity contribution in [1.82, 2.24) is 5.32 Å². The molecular formula is C64H115N2O6P. The third-order valence-electron chi connectivity index (χ3n) is 13.0. The van der Waals surface area contributed by atoms with Crippen molar-refractivity contribution in [3.63, 3.8) is 0 Å². The van der Waals surface area contributed by atoms with Crippen LogP contribution >= 0.6 is 7.82 Å². The van der Waals surface area contributed by atoms with Crippen molar-refractivity contribution < 1.29 is 32.9 Å². The number of amides is 1. The highest BCUT2D eigenvalue weighted by molar-refractivity contribution is 7.45. The van der Waals surface area contributed by atoms with Gasteiger partial charge in [0, 0.05) is 6.42 Å². The third-order valence-corrected chi connectivity index (χ3v) is 14.0. The molecule has 0 aromatic carbocycles. The van der Waals surface area contributed by atoms with E-state index in [-0.39, 0.29) is 12.5 Å². The van der Waals surface area contributed by atoms with Gasteiger partial charge >= 0.3 is 0 Å². The van der Waals surface area contributed by atoms with Crippen LogP contribution in [-0.4, -0.2) is 68.5 Å². The summed E-state index contributed by atoms with van der Waals surface area (Å²) in [5.74, 6) is -0.210. The predicted molar refractivity (Wildman–Crippen MR) is 316 cm³/mol. The van der Waals surface area contributed by atoms with E-state index in [0.717, 1.165) is 77.0 Å². The molecule has 1 amide bonds. The number of nitrogens with one attached hydrogen (secondary N) is 1. The van der Waals surface area contributed by atoms with Crippen molar-refractivity contribution in [3.05, 3.63) is 97.2 Å². The number of carbonyl (C=O) groups excluding carboxylic acids is 1. The van der Waals surface area contributed by atoms with Crippen molar-refractivity contribution in [1.29, 1.82) is 0 Å². The Balaban J connectivity index is 4.16. The summed E-state index contributed by atoms with van der Waals surface area (Å²) in [6, 6.07) is -0.909. The van der Waals surface area contributed by atoms with Crippen molar-refractivity contribution in [3.8, 4) is 0 Å². The van der Waals surface area contributed by atoms with E-state index in [1.165, 1.54) is 154 Å². The van der Waals surface area contributed by atoms with Gasteiger partial charge in [-0.15, -0.1) is 0 Å². The minimum Gasteiger partial charge on any atom is -0.756 e. The average molecular weight is 1040 g/mol. The summed E-state index contributed by atoms with van der Waals surface area (Å²) in [6.07, 6.45) is 77.8. The third kappa shape index (κ3) is 57.0. The monoisotopic (exact) mass is 1040 g/mol.